The Morgan fingerprint density at radius 2 is 1.58 bits per heavy atom. The van der Waals surface area contributed by atoms with Gasteiger partial charge >= 0.3 is 6.18 Å². The van der Waals surface area contributed by atoms with Crippen LogP contribution in [0.1, 0.15) is 18.1 Å². The van der Waals surface area contributed by atoms with E-state index in [0.717, 1.165) is 16.8 Å². The Bertz CT molecular complexity index is 1310. The molecule has 3 nitrogen and oxygen atoms in total. The maximum Gasteiger partial charge on any atom is 0.416 e. The number of ether oxygens (including phenoxy) is 1. The SMILES string of the molecule is CC(=O)N(C)c1ccccc1OCc1ccc(C(F)(F)F)cc1-c1cccc2ccccc12. The fraction of sp³-hybridized carbons (Fsp3) is 0.148. The zero-order valence-electron chi connectivity index (χ0n) is 18.2. The van der Waals surface area contributed by atoms with Crippen molar-refractivity contribution in [1.29, 1.82) is 0 Å². The largest absolute Gasteiger partial charge is 0.487 e. The van der Waals surface area contributed by atoms with Crippen molar-refractivity contribution in [2.75, 3.05) is 11.9 Å². The highest BCUT2D eigenvalue weighted by Gasteiger charge is 2.31. The molecule has 168 valence electrons. The Hall–Kier alpha value is -3.80. The lowest BCUT2D eigenvalue weighted by Gasteiger charge is -2.20. The van der Waals surface area contributed by atoms with Crippen LogP contribution in [0, 0.1) is 0 Å². The average Bonchev–Trinajstić information content (AvgIpc) is 2.81. The summed E-state index contributed by atoms with van der Waals surface area (Å²) in [7, 11) is 1.64. The van der Waals surface area contributed by atoms with Crippen molar-refractivity contribution in [2.45, 2.75) is 19.7 Å². The van der Waals surface area contributed by atoms with Gasteiger partial charge in [-0.1, -0.05) is 60.7 Å². The summed E-state index contributed by atoms with van der Waals surface area (Å²) in [6.07, 6.45) is -4.46. The number of fused-ring (bicyclic) bond motifs is 1. The zero-order chi connectivity index (χ0) is 23.6. The van der Waals surface area contributed by atoms with Gasteiger partial charge in [-0.15, -0.1) is 0 Å². The van der Waals surface area contributed by atoms with E-state index in [1.54, 1.807) is 31.3 Å². The van der Waals surface area contributed by atoms with Crippen LogP contribution in [0.2, 0.25) is 0 Å². The lowest BCUT2D eigenvalue weighted by molar-refractivity contribution is -0.137. The lowest BCUT2D eigenvalue weighted by atomic mass is 9.93. The van der Waals surface area contributed by atoms with E-state index in [0.29, 0.717) is 28.1 Å². The van der Waals surface area contributed by atoms with E-state index in [-0.39, 0.29) is 12.5 Å². The Kier molecular flexibility index (Phi) is 6.09. The summed E-state index contributed by atoms with van der Waals surface area (Å²) in [6, 6.07) is 23.9. The number of benzene rings is 4. The molecule has 0 bridgehead atoms. The summed E-state index contributed by atoms with van der Waals surface area (Å²) in [5.74, 6) is 0.316. The van der Waals surface area contributed by atoms with Crippen molar-refractivity contribution in [3.05, 3.63) is 96.1 Å². The molecule has 4 rings (SSSR count). The molecule has 0 aliphatic carbocycles. The summed E-state index contributed by atoms with van der Waals surface area (Å²) in [6.45, 7) is 1.49. The van der Waals surface area contributed by atoms with Crippen molar-refractivity contribution in [2.24, 2.45) is 0 Å². The van der Waals surface area contributed by atoms with Crippen LogP contribution < -0.4 is 9.64 Å². The summed E-state index contributed by atoms with van der Waals surface area (Å²) in [4.78, 5) is 13.3. The van der Waals surface area contributed by atoms with Gasteiger partial charge in [0.2, 0.25) is 5.91 Å². The van der Waals surface area contributed by atoms with Crippen LogP contribution in [0.4, 0.5) is 18.9 Å². The van der Waals surface area contributed by atoms with Gasteiger partial charge in [0, 0.05) is 14.0 Å². The number of halogens is 3. The predicted molar refractivity (Wildman–Crippen MR) is 124 cm³/mol. The number of hydrogen-bond acceptors (Lipinski definition) is 2. The van der Waals surface area contributed by atoms with E-state index < -0.39 is 11.7 Å². The first-order chi connectivity index (χ1) is 15.8. The van der Waals surface area contributed by atoms with Crippen LogP contribution in [-0.4, -0.2) is 13.0 Å². The van der Waals surface area contributed by atoms with Crippen molar-refractivity contribution >= 4 is 22.4 Å². The van der Waals surface area contributed by atoms with E-state index in [9.17, 15) is 18.0 Å². The number of rotatable bonds is 5. The Morgan fingerprint density at radius 3 is 2.33 bits per heavy atom. The summed E-state index contributed by atoms with van der Waals surface area (Å²) in [5, 5.41) is 1.80. The number of carbonyl (C=O) groups is 1. The lowest BCUT2D eigenvalue weighted by Crippen LogP contribution is -2.23. The van der Waals surface area contributed by atoms with Crippen LogP contribution >= 0.6 is 0 Å². The molecular weight excluding hydrogens is 427 g/mol. The summed E-state index contributed by atoms with van der Waals surface area (Å²) >= 11 is 0. The third kappa shape index (κ3) is 4.70. The Balaban J connectivity index is 1.78. The van der Waals surface area contributed by atoms with Crippen LogP contribution in [0.3, 0.4) is 0 Å². The average molecular weight is 449 g/mol. The minimum absolute atomic E-state index is 0.0411. The fourth-order valence-electron chi connectivity index (χ4n) is 3.77. The third-order valence-electron chi connectivity index (χ3n) is 5.60. The molecule has 0 radical (unpaired) electrons. The van der Waals surface area contributed by atoms with E-state index >= 15 is 0 Å². The molecule has 0 aromatic heterocycles. The molecule has 0 spiro atoms. The van der Waals surface area contributed by atoms with Crippen LogP contribution in [0.25, 0.3) is 21.9 Å². The molecule has 0 fully saturated rings. The number of nitrogens with zero attached hydrogens (tertiary/aromatic N) is 1. The van der Waals surface area contributed by atoms with Gasteiger partial charge in [-0.25, -0.2) is 0 Å². The minimum Gasteiger partial charge on any atom is -0.487 e. The maximum atomic E-state index is 13.5. The van der Waals surface area contributed by atoms with E-state index in [1.165, 1.54) is 24.0 Å². The molecule has 33 heavy (non-hydrogen) atoms. The van der Waals surface area contributed by atoms with Gasteiger partial charge < -0.3 is 9.64 Å². The standard InChI is InChI=1S/C27H22F3NO2/c1-18(32)31(2)25-12-5-6-13-26(25)33-17-20-14-15-21(27(28,29)30)16-24(20)23-11-7-9-19-8-3-4-10-22(19)23/h3-16H,17H2,1-2H3. The van der Waals surface area contributed by atoms with Gasteiger partial charge in [0.25, 0.3) is 0 Å². The van der Waals surface area contributed by atoms with E-state index in [1.807, 2.05) is 42.5 Å². The van der Waals surface area contributed by atoms with Crippen molar-refractivity contribution in [3.63, 3.8) is 0 Å². The van der Waals surface area contributed by atoms with Crippen molar-refractivity contribution < 1.29 is 22.7 Å². The summed E-state index contributed by atoms with van der Waals surface area (Å²) < 4.78 is 46.6. The van der Waals surface area contributed by atoms with Gasteiger partial charge in [-0.05, 0) is 51.7 Å². The third-order valence-corrected chi connectivity index (χ3v) is 5.60. The number of alkyl halides is 3. The second kappa shape index (κ2) is 8.98. The number of hydrogen-bond donors (Lipinski definition) is 0. The topological polar surface area (TPSA) is 29.5 Å². The van der Waals surface area contributed by atoms with Crippen LogP contribution in [0.5, 0.6) is 5.75 Å². The number of anilines is 1. The van der Waals surface area contributed by atoms with Crippen LogP contribution in [-0.2, 0) is 17.6 Å². The van der Waals surface area contributed by atoms with Gasteiger partial charge in [-0.2, -0.15) is 13.2 Å². The van der Waals surface area contributed by atoms with E-state index in [2.05, 4.69) is 0 Å². The quantitative estimate of drug-likeness (QED) is 0.326. The first-order valence-electron chi connectivity index (χ1n) is 10.4. The van der Waals surface area contributed by atoms with Crippen molar-refractivity contribution in [3.8, 4) is 16.9 Å². The second-order valence-corrected chi connectivity index (χ2v) is 7.73. The molecule has 1 amide bonds. The minimum atomic E-state index is -4.46. The van der Waals surface area contributed by atoms with Gasteiger partial charge in [-0.3, -0.25) is 4.79 Å². The molecule has 0 heterocycles. The molecule has 0 unspecified atom stereocenters. The van der Waals surface area contributed by atoms with Gasteiger partial charge in [0.1, 0.15) is 12.4 Å². The molecule has 6 heteroatoms. The van der Waals surface area contributed by atoms with Crippen LogP contribution in [0.15, 0.2) is 84.9 Å². The normalized spacial score (nSPS) is 11.4. The molecule has 0 saturated carbocycles. The number of carbonyl (C=O) groups excluding carboxylic acids is 1. The Morgan fingerprint density at radius 1 is 0.879 bits per heavy atom. The Labute approximate surface area is 190 Å². The molecular formula is C27H22F3NO2. The molecule has 0 aliphatic rings. The second-order valence-electron chi connectivity index (χ2n) is 7.73. The van der Waals surface area contributed by atoms with E-state index in [4.69, 9.17) is 4.74 Å². The highest BCUT2D eigenvalue weighted by atomic mass is 19.4. The number of para-hydroxylation sites is 2. The molecule has 0 atom stereocenters. The summed E-state index contributed by atoms with van der Waals surface area (Å²) in [5.41, 5.74) is 1.64. The number of amides is 1. The smallest absolute Gasteiger partial charge is 0.416 e. The van der Waals surface area contributed by atoms with Gasteiger partial charge in [0.05, 0.1) is 11.3 Å². The first-order valence-corrected chi connectivity index (χ1v) is 10.4. The fourth-order valence-corrected chi connectivity index (χ4v) is 3.77. The monoisotopic (exact) mass is 449 g/mol. The zero-order valence-corrected chi connectivity index (χ0v) is 18.2. The highest BCUT2D eigenvalue weighted by molar-refractivity contribution is 5.97. The maximum absolute atomic E-state index is 13.5. The first kappa shape index (κ1) is 22.4. The molecule has 0 N–H and O–H groups in total. The highest BCUT2D eigenvalue weighted by Crippen LogP contribution is 2.37. The molecule has 0 saturated heterocycles. The molecule has 4 aromatic rings. The van der Waals surface area contributed by atoms with Gasteiger partial charge in [0.15, 0.2) is 0 Å². The molecule has 0 aliphatic heterocycles. The molecule has 4 aromatic carbocycles. The van der Waals surface area contributed by atoms with Crippen molar-refractivity contribution in [1.82, 2.24) is 0 Å². The predicted octanol–water partition coefficient (Wildman–Crippen LogP) is 7.09.